The fraction of sp³-hybridized carbons (Fsp3) is 0.0909. The van der Waals surface area contributed by atoms with Gasteiger partial charge in [0.2, 0.25) is 6.62 Å². The van der Waals surface area contributed by atoms with Crippen LogP contribution in [-0.2, 0) is 13.0 Å². The zero-order valence-corrected chi connectivity index (χ0v) is 22.4. The third-order valence-corrected chi connectivity index (χ3v) is 11.2. The van der Waals surface area contributed by atoms with Gasteiger partial charge in [0.1, 0.15) is 33.8 Å². The van der Waals surface area contributed by atoms with E-state index in [1.54, 1.807) is 7.11 Å². The molecule has 0 fully saturated rings. The van der Waals surface area contributed by atoms with Gasteiger partial charge in [0.25, 0.3) is 0 Å². The van der Waals surface area contributed by atoms with Gasteiger partial charge < -0.3 is 9.47 Å². The van der Waals surface area contributed by atoms with Crippen LogP contribution < -0.4 is 25.4 Å². The molecule has 5 aromatic rings. The number of hydrogen-bond acceptors (Lipinski definition) is 2. The summed E-state index contributed by atoms with van der Waals surface area (Å²) in [4.78, 5) is 0. The van der Waals surface area contributed by atoms with Crippen LogP contribution in [0.25, 0.3) is 0 Å². The molecule has 4 heteroatoms. The highest BCUT2D eigenvalue weighted by Gasteiger charge is 2.46. The zero-order chi connectivity index (χ0) is 25.5. The standard InChI is InChI=1S/C33H29ClO2P/c1-35-32-24-27(21-22-31(32)36-25-26-13-5-2-6-14-26)23-28-15-11-12-20-33(28)37(34,29-16-7-3-8-17-29)30-18-9-4-10-19-30/h2-22,24H,23,25H2,1H3/q+1. The van der Waals surface area contributed by atoms with Gasteiger partial charge in [-0.2, -0.15) is 0 Å². The van der Waals surface area contributed by atoms with Gasteiger partial charge in [-0.15, -0.1) is 0 Å². The van der Waals surface area contributed by atoms with E-state index in [1.165, 1.54) is 10.9 Å². The van der Waals surface area contributed by atoms with E-state index in [0.29, 0.717) is 6.61 Å². The summed E-state index contributed by atoms with van der Waals surface area (Å²) in [5, 5.41) is 3.48. The van der Waals surface area contributed by atoms with Crippen molar-refractivity contribution in [3.8, 4) is 11.5 Å². The number of hydrogen-bond donors (Lipinski definition) is 0. The summed E-state index contributed by atoms with van der Waals surface area (Å²) < 4.78 is 11.8. The molecule has 184 valence electrons. The van der Waals surface area contributed by atoms with Crippen molar-refractivity contribution in [2.45, 2.75) is 13.0 Å². The molecule has 0 spiro atoms. The summed E-state index contributed by atoms with van der Waals surface area (Å²) in [6, 6.07) is 45.8. The average Bonchev–Trinajstić information content (AvgIpc) is 2.97. The van der Waals surface area contributed by atoms with Crippen LogP contribution in [0.4, 0.5) is 0 Å². The minimum absolute atomic E-state index is 0.493. The highest BCUT2D eigenvalue weighted by molar-refractivity contribution is 8.15. The van der Waals surface area contributed by atoms with E-state index < -0.39 is 6.62 Å². The number of benzene rings is 5. The maximum Gasteiger partial charge on any atom is 0.210 e. The van der Waals surface area contributed by atoms with Crippen molar-refractivity contribution in [1.29, 1.82) is 0 Å². The van der Waals surface area contributed by atoms with Crippen molar-refractivity contribution < 1.29 is 9.47 Å². The predicted molar refractivity (Wildman–Crippen MR) is 158 cm³/mol. The third-order valence-electron chi connectivity index (χ3n) is 6.41. The Labute approximate surface area is 224 Å². The lowest BCUT2D eigenvalue weighted by atomic mass is 10.0. The van der Waals surface area contributed by atoms with Crippen LogP contribution in [0.1, 0.15) is 16.7 Å². The Bertz CT molecular complexity index is 1400. The first-order valence-corrected chi connectivity index (χ1v) is 15.0. The van der Waals surface area contributed by atoms with Crippen LogP contribution in [0.5, 0.6) is 11.5 Å². The molecule has 0 bridgehead atoms. The van der Waals surface area contributed by atoms with Crippen LogP contribution in [0.3, 0.4) is 0 Å². The van der Waals surface area contributed by atoms with Gasteiger partial charge in [0.05, 0.1) is 7.11 Å². The van der Waals surface area contributed by atoms with Gasteiger partial charge in [-0.3, -0.25) is 0 Å². The van der Waals surface area contributed by atoms with Crippen LogP contribution in [-0.4, -0.2) is 7.11 Å². The van der Waals surface area contributed by atoms with Crippen LogP contribution in [0, 0.1) is 0 Å². The molecule has 0 N–H and O–H groups in total. The Morgan fingerprint density at radius 1 is 0.595 bits per heavy atom. The van der Waals surface area contributed by atoms with Gasteiger partial charge in [-0.1, -0.05) is 91.0 Å². The molecule has 5 aromatic carbocycles. The molecular formula is C33H29ClO2P+. The van der Waals surface area contributed by atoms with Crippen LogP contribution >= 0.6 is 17.9 Å². The van der Waals surface area contributed by atoms with Crippen molar-refractivity contribution in [3.63, 3.8) is 0 Å². The molecule has 0 saturated heterocycles. The summed E-state index contributed by atoms with van der Waals surface area (Å²) in [6.45, 7) is -1.86. The Morgan fingerprint density at radius 2 is 1.16 bits per heavy atom. The Morgan fingerprint density at radius 3 is 1.78 bits per heavy atom. The maximum absolute atomic E-state index is 7.74. The number of rotatable bonds is 9. The second kappa shape index (κ2) is 11.6. The Hall–Kier alpha value is -3.58. The quantitative estimate of drug-likeness (QED) is 0.189. The molecule has 0 aliphatic rings. The van der Waals surface area contributed by atoms with Crippen molar-refractivity contribution in [2.24, 2.45) is 0 Å². The molecule has 0 radical (unpaired) electrons. The third kappa shape index (κ3) is 5.57. The molecule has 2 nitrogen and oxygen atoms in total. The summed E-state index contributed by atoms with van der Waals surface area (Å²) in [5.41, 5.74) is 3.46. The smallest absolute Gasteiger partial charge is 0.210 e. The first-order valence-electron chi connectivity index (χ1n) is 12.3. The largest absolute Gasteiger partial charge is 0.493 e. The lowest BCUT2D eigenvalue weighted by Gasteiger charge is -2.22. The summed E-state index contributed by atoms with van der Waals surface area (Å²) >= 11 is 7.74. The van der Waals surface area contributed by atoms with Crippen molar-refractivity contribution in [3.05, 3.63) is 150 Å². The minimum Gasteiger partial charge on any atom is -0.493 e. The van der Waals surface area contributed by atoms with E-state index in [1.807, 2.05) is 36.4 Å². The number of halogens is 1. The number of methoxy groups -OCH3 is 1. The average molecular weight is 524 g/mol. The molecule has 0 saturated carbocycles. The summed E-state index contributed by atoms with van der Waals surface area (Å²) in [6.07, 6.45) is 0.736. The van der Waals surface area contributed by atoms with E-state index in [-0.39, 0.29) is 0 Å². The lowest BCUT2D eigenvalue weighted by Crippen LogP contribution is -2.29. The van der Waals surface area contributed by atoms with Gasteiger partial charge in [-0.25, -0.2) is 0 Å². The molecule has 0 aliphatic carbocycles. The highest BCUT2D eigenvalue weighted by atomic mass is 35.7. The maximum atomic E-state index is 7.74. The molecule has 37 heavy (non-hydrogen) atoms. The normalized spacial score (nSPS) is 11.2. The molecular weight excluding hydrogens is 495 g/mol. The highest BCUT2D eigenvalue weighted by Crippen LogP contribution is 2.61. The summed E-state index contributed by atoms with van der Waals surface area (Å²) in [5.74, 6) is 1.46. The van der Waals surface area contributed by atoms with Gasteiger partial charge in [0, 0.05) is 12.0 Å². The van der Waals surface area contributed by atoms with Crippen molar-refractivity contribution >= 4 is 33.8 Å². The molecule has 0 heterocycles. The SMILES string of the molecule is COc1cc(Cc2ccccc2[P+](Cl)(c2ccccc2)c2ccccc2)ccc1OCc1ccccc1. The van der Waals surface area contributed by atoms with Gasteiger partial charge in [-0.05, 0) is 53.6 Å². The fourth-order valence-corrected chi connectivity index (χ4v) is 8.58. The minimum atomic E-state index is -2.36. The monoisotopic (exact) mass is 523 g/mol. The van der Waals surface area contributed by atoms with E-state index in [2.05, 4.69) is 97.1 Å². The zero-order valence-electron chi connectivity index (χ0n) is 20.8. The first kappa shape index (κ1) is 25.1. The van der Waals surface area contributed by atoms with Gasteiger partial charge >= 0.3 is 0 Å². The van der Waals surface area contributed by atoms with Gasteiger partial charge in [0.15, 0.2) is 11.5 Å². The van der Waals surface area contributed by atoms with Crippen LogP contribution in [0.2, 0.25) is 0 Å². The number of ether oxygens (including phenoxy) is 2. The molecule has 0 aromatic heterocycles. The Balaban J connectivity index is 1.48. The van der Waals surface area contributed by atoms with Crippen LogP contribution in [0.15, 0.2) is 133 Å². The van der Waals surface area contributed by atoms with E-state index in [4.69, 9.17) is 20.7 Å². The Kier molecular flexibility index (Phi) is 7.90. The second-order valence-electron chi connectivity index (χ2n) is 8.83. The predicted octanol–water partition coefficient (Wildman–Crippen LogP) is 7.31. The fourth-order valence-electron chi connectivity index (χ4n) is 4.55. The second-order valence-corrected chi connectivity index (χ2v) is 13.0. The first-order chi connectivity index (χ1) is 18.2. The lowest BCUT2D eigenvalue weighted by molar-refractivity contribution is 0.284. The van der Waals surface area contributed by atoms with Crippen molar-refractivity contribution in [1.82, 2.24) is 0 Å². The molecule has 0 aliphatic heterocycles. The molecule has 0 amide bonds. The van der Waals surface area contributed by atoms with Crippen molar-refractivity contribution in [2.75, 3.05) is 7.11 Å². The van der Waals surface area contributed by atoms with E-state index in [9.17, 15) is 0 Å². The molecule has 0 unspecified atom stereocenters. The summed E-state index contributed by atoms with van der Waals surface area (Å²) in [7, 11) is 1.68. The van der Waals surface area contributed by atoms with E-state index >= 15 is 0 Å². The van der Waals surface area contributed by atoms with E-state index in [0.717, 1.165) is 39.7 Å². The topological polar surface area (TPSA) is 18.5 Å². The molecule has 0 atom stereocenters. The molecule has 5 rings (SSSR count).